The van der Waals surface area contributed by atoms with Gasteiger partial charge in [-0.05, 0) is 44.2 Å². The minimum Gasteiger partial charge on any atom is -0.267 e. The minimum absolute atomic E-state index is 0.183. The molecule has 0 unspecified atom stereocenters. The lowest BCUT2D eigenvalue weighted by atomic mass is 10.2. The topological polar surface area (TPSA) is 34.9 Å². The van der Waals surface area contributed by atoms with Crippen molar-refractivity contribution in [3.8, 4) is 5.69 Å². The van der Waals surface area contributed by atoms with E-state index in [2.05, 4.69) is 5.10 Å². The highest BCUT2D eigenvalue weighted by Gasteiger charge is 2.04. The van der Waals surface area contributed by atoms with Crippen LogP contribution in [-0.2, 0) is 0 Å². The third-order valence-electron chi connectivity index (χ3n) is 2.28. The lowest BCUT2D eigenvalue weighted by Crippen LogP contribution is -2.23. The van der Waals surface area contributed by atoms with Gasteiger partial charge in [-0.15, -0.1) is 0 Å². The number of benzene rings is 1. The van der Waals surface area contributed by atoms with E-state index in [0.717, 1.165) is 5.69 Å². The number of hydrogen-bond acceptors (Lipinski definition) is 2. The first kappa shape index (κ1) is 10.5. The smallest absolute Gasteiger partial charge is 0.267 e. The fourth-order valence-corrected chi connectivity index (χ4v) is 1.53. The maximum absolute atomic E-state index is 12.8. The van der Waals surface area contributed by atoms with E-state index >= 15 is 0 Å². The summed E-state index contributed by atoms with van der Waals surface area (Å²) in [5.41, 5.74) is 1.76. The van der Waals surface area contributed by atoms with Crippen LogP contribution in [-0.4, -0.2) is 9.78 Å². The summed E-state index contributed by atoms with van der Waals surface area (Å²) in [5, 5.41) is 4.12. The van der Waals surface area contributed by atoms with Gasteiger partial charge in [0.25, 0.3) is 5.56 Å². The summed E-state index contributed by atoms with van der Waals surface area (Å²) in [6.07, 6.45) is 0. The van der Waals surface area contributed by atoms with Crippen molar-refractivity contribution < 1.29 is 4.39 Å². The van der Waals surface area contributed by atoms with Crippen LogP contribution in [0, 0.1) is 19.7 Å². The third kappa shape index (κ3) is 1.86. The Balaban J connectivity index is 2.64. The minimum atomic E-state index is -0.332. The molecule has 0 atom stereocenters. The van der Waals surface area contributed by atoms with Crippen LogP contribution in [0.3, 0.4) is 0 Å². The summed E-state index contributed by atoms with van der Waals surface area (Å²) in [4.78, 5) is 11.8. The Morgan fingerprint density at radius 2 is 1.81 bits per heavy atom. The van der Waals surface area contributed by atoms with Crippen molar-refractivity contribution in [3.63, 3.8) is 0 Å². The molecule has 0 spiro atoms. The van der Waals surface area contributed by atoms with Crippen molar-refractivity contribution >= 4 is 0 Å². The van der Waals surface area contributed by atoms with Crippen LogP contribution in [0.15, 0.2) is 35.1 Å². The maximum Gasteiger partial charge on any atom is 0.274 e. The molecular formula is C12H11FN2O. The number of aromatic nitrogens is 2. The molecule has 82 valence electrons. The second-order valence-corrected chi connectivity index (χ2v) is 3.66. The van der Waals surface area contributed by atoms with Gasteiger partial charge in [-0.2, -0.15) is 9.78 Å². The standard InChI is InChI=1S/C12H11FN2O/c1-8-7-9(2)14-15(12(8)16)11-5-3-10(13)4-6-11/h3-7H,1-2H3. The van der Waals surface area contributed by atoms with Gasteiger partial charge < -0.3 is 0 Å². The van der Waals surface area contributed by atoms with Crippen molar-refractivity contribution in [2.24, 2.45) is 0 Å². The van der Waals surface area contributed by atoms with Crippen molar-refractivity contribution in [3.05, 3.63) is 57.8 Å². The molecule has 2 aromatic rings. The second kappa shape index (κ2) is 3.89. The average Bonchev–Trinajstić information content (AvgIpc) is 2.25. The van der Waals surface area contributed by atoms with Gasteiger partial charge in [0.15, 0.2) is 0 Å². The van der Waals surface area contributed by atoms with E-state index in [-0.39, 0.29) is 11.4 Å². The van der Waals surface area contributed by atoms with Crippen molar-refractivity contribution in [2.45, 2.75) is 13.8 Å². The molecule has 3 nitrogen and oxygen atoms in total. The van der Waals surface area contributed by atoms with E-state index < -0.39 is 0 Å². The monoisotopic (exact) mass is 218 g/mol. The van der Waals surface area contributed by atoms with Gasteiger partial charge in [-0.1, -0.05) is 0 Å². The quantitative estimate of drug-likeness (QED) is 0.733. The normalized spacial score (nSPS) is 10.4. The summed E-state index contributed by atoms with van der Waals surface area (Å²) in [6.45, 7) is 3.55. The van der Waals surface area contributed by atoms with E-state index in [4.69, 9.17) is 0 Å². The molecule has 0 aliphatic rings. The Hall–Kier alpha value is -1.97. The van der Waals surface area contributed by atoms with Crippen molar-refractivity contribution in [1.82, 2.24) is 9.78 Å². The molecule has 0 aliphatic carbocycles. The molecule has 4 heteroatoms. The Labute approximate surface area is 92.2 Å². The Morgan fingerprint density at radius 3 is 2.44 bits per heavy atom. The lowest BCUT2D eigenvalue weighted by Gasteiger charge is -2.06. The molecule has 2 rings (SSSR count). The molecule has 0 bridgehead atoms. The third-order valence-corrected chi connectivity index (χ3v) is 2.28. The molecule has 0 saturated heterocycles. The first-order chi connectivity index (χ1) is 7.58. The van der Waals surface area contributed by atoms with Gasteiger partial charge in [-0.25, -0.2) is 4.39 Å². The Bertz CT molecular complexity index is 573. The van der Waals surface area contributed by atoms with Crippen LogP contribution < -0.4 is 5.56 Å². The largest absolute Gasteiger partial charge is 0.274 e. The van der Waals surface area contributed by atoms with Gasteiger partial charge in [0.2, 0.25) is 0 Å². The van der Waals surface area contributed by atoms with Crippen LogP contribution in [0.5, 0.6) is 0 Å². The fraction of sp³-hybridized carbons (Fsp3) is 0.167. The summed E-state index contributed by atoms with van der Waals surface area (Å²) in [5.74, 6) is -0.332. The molecule has 1 aromatic heterocycles. The van der Waals surface area contributed by atoms with Gasteiger partial charge >= 0.3 is 0 Å². The SMILES string of the molecule is Cc1cc(C)c(=O)n(-c2ccc(F)cc2)n1. The predicted octanol–water partition coefficient (Wildman–Crippen LogP) is 1.99. The number of halogens is 1. The van der Waals surface area contributed by atoms with Gasteiger partial charge in [0.05, 0.1) is 11.4 Å². The van der Waals surface area contributed by atoms with Crippen LogP contribution in [0.1, 0.15) is 11.3 Å². The fourth-order valence-electron chi connectivity index (χ4n) is 1.53. The van der Waals surface area contributed by atoms with Crippen molar-refractivity contribution in [1.29, 1.82) is 0 Å². The van der Waals surface area contributed by atoms with E-state index in [1.54, 1.807) is 13.0 Å². The van der Waals surface area contributed by atoms with Crippen LogP contribution in [0.2, 0.25) is 0 Å². The number of aryl methyl sites for hydroxylation is 2. The van der Waals surface area contributed by atoms with Gasteiger partial charge in [0.1, 0.15) is 5.82 Å². The first-order valence-corrected chi connectivity index (χ1v) is 4.91. The van der Waals surface area contributed by atoms with Crippen molar-refractivity contribution in [2.75, 3.05) is 0 Å². The molecule has 1 aromatic carbocycles. The molecule has 0 aliphatic heterocycles. The van der Waals surface area contributed by atoms with Crippen LogP contribution in [0.4, 0.5) is 4.39 Å². The van der Waals surface area contributed by atoms with Gasteiger partial charge in [-0.3, -0.25) is 4.79 Å². The highest BCUT2D eigenvalue weighted by atomic mass is 19.1. The van der Waals surface area contributed by atoms with E-state index in [1.807, 2.05) is 6.92 Å². The zero-order chi connectivity index (χ0) is 11.7. The number of nitrogens with zero attached hydrogens (tertiary/aromatic N) is 2. The summed E-state index contributed by atoms with van der Waals surface area (Å²) in [7, 11) is 0. The highest BCUT2D eigenvalue weighted by molar-refractivity contribution is 5.31. The van der Waals surface area contributed by atoms with E-state index in [9.17, 15) is 9.18 Å². The molecule has 0 N–H and O–H groups in total. The first-order valence-electron chi connectivity index (χ1n) is 4.91. The zero-order valence-corrected chi connectivity index (χ0v) is 9.07. The molecule has 16 heavy (non-hydrogen) atoms. The zero-order valence-electron chi connectivity index (χ0n) is 9.07. The summed E-state index contributed by atoms with van der Waals surface area (Å²) < 4.78 is 14.0. The number of hydrogen-bond donors (Lipinski definition) is 0. The number of rotatable bonds is 1. The second-order valence-electron chi connectivity index (χ2n) is 3.66. The average molecular weight is 218 g/mol. The Kier molecular flexibility index (Phi) is 2.56. The molecule has 0 amide bonds. The predicted molar refractivity (Wildman–Crippen MR) is 59.3 cm³/mol. The lowest BCUT2D eigenvalue weighted by molar-refractivity contribution is 0.626. The maximum atomic E-state index is 12.8. The van der Waals surface area contributed by atoms with E-state index in [0.29, 0.717) is 11.3 Å². The molecular weight excluding hydrogens is 207 g/mol. The Morgan fingerprint density at radius 1 is 1.19 bits per heavy atom. The van der Waals surface area contributed by atoms with E-state index in [1.165, 1.54) is 28.9 Å². The summed E-state index contributed by atoms with van der Waals surface area (Å²) >= 11 is 0. The molecule has 1 heterocycles. The molecule has 0 saturated carbocycles. The molecule has 0 fully saturated rings. The van der Waals surface area contributed by atoms with Crippen LogP contribution in [0.25, 0.3) is 5.69 Å². The molecule has 0 radical (unpaired) electrons. The highest BCUT2D eigenvalue weighted by Crippen LogP contribution is 2.06. The van der Waals surface area contributed by atoms with Crippen LogP contribution >= 0.6 is 0 Å². The summed E-state index contributed by atoms with van der Waals surface area (Å²) in [6, 6.07) is 7.40. The van der Waals surface area contributed by atoms with Gasteiger partial charge in [0, 0.05) is 5.56 Å².